The van der Waals surface area contributed by atoms with Gasteiger partial charge in [-0.1, -0.05) is 0 Å². The zero-order chi connectivity index (χ0) is 9.82. The highest BCUT2D eigenvalue weighted by atomic mass is 31.1. The smallest absolute Gasteiger partial charge is 0.483 e. The number of nitrogens with zero attached hydrogens (tertiary/aromatic N) is 1. The molecule has 0 unspecified atom stereocenters. The molecule has 8 heteroatoms. The Morgan fingerprint density at radius 1 is 1.50 bits per heavy atom. The normalized spacial score (nSPS) is 6.50. The van der Waals surface area contributed by atoms with Gasteiger partial charge in [0.25, 0.3) is 6.47 Å². The van der Waals surface area contributed by atoms with Crippen molar-refractivity contribution in [1.82, 2.24) is 9.97 Å². The van der Waals surface area contributed by atoms with Gasteiger partial charge in [0.05, 0.1) is 6.33 Å². The molecule has 0 saturated carbocycles. The first-order valence-electron chi connectivity index (χ1n) is 2.50. The van der Waals surface area contributed by atoms with E-state index in [1.54, 1.807) is 18.7 Å². The number of carboxylic acid groups (broad SMARTS) is 1. The highest BCUT2D eigenvalue weighted by Gasteiger charge is 1.93. The minimum absolute atomic E-state index is 0.250. The maximum atomic E-state index is 8.70. The van der Waals surface area contributed by atoms with Crippen LogP contribution in [0.2, 0.25) is 0 Å². The summed E-state index contributed by atoms with van der Waals surface area (Å²) < 4.78 is 8.70. The minimum Gasteiger partial charge on any atom is -0.483 e. The Hall–Kier alpha value is -1.30. The van der Waals surface area contributed by atoms with E-state index in [4.69, 9.17) is 24.3 Å². The summed E-state index contributed by atoms with van der Waals surface area (Å²) in [5, 5.41) is 6.89. The predicted octanol–water partition coefficient (Wildman–Crippen LogP) is -0.261. The third-order valence-electron chi connectivity index (χ3n) is 0.406. The van der Waals surface area contributed by atoms with E-state index in [1.807, 2.05) is 0 Å². The SMILES string of the molecule is O=CO.O=[P+](O)O.c1c[nH]cn1. The van der Waals surface area contributed by atoms with Crippen LogP contribution in [0.15, 0.2) is 18.7 Å². The first kappa shape index (κ1) is 13.3. The van der Waals surface area contributed by atoms with Crippen molar-refractivity contribution in [3.63, 3.8) is 0 Å². The van der Waals surface area contributed by atoms with Gasteiger partial charge in [-0.05, 0) is 0 Å². The van der Waals surface area contributed by atoms with Crippen molar-refractivity contribution in [2.45, 2.75) is 0 Å². The van der Waals surface area contributed by atoms with Crippen LogP contribution in [0.25, 0.3) is 0 Å². The number of nitrogens with one attached hydrogen (secondary N) is 1. The molecule has 0 fully saturated rings. The lowest BCUT2D eigenvalue weighted by atomic mass is 11.0. The van der Waals surface area contributed by atoms with E-state index in [1.165, 1.54) is 0 Å². The van der Waals surface area contributed by atoms with Crippen LogP contribution in [0.4, 0.5) is 0 Å². The molecule has 0 aliphatic carbocycles. The largest absolute Gasteiger partial charge is 0.692 e. The third-order valence-corrected chi connectivity index (χ3v) is 0.406. The van der Waals surface area contributed by atoms with Crippen molar-refractivity contribution >= 4 is 14.7 Å². The molecule has 0 radical (unpaired) electrons. The molecule has 0 bridgehead atoms. The van der Waals surface area contributed by atoms with Gasteiger partial charge in [-0.25, -0.2) is 4.98 Å². The van der Waals surface area contributed by atoms with E-state index in [-0.39, 0.29) is 6.47 Å². The monoisotopic (exact) mass is 195 g/mol. The molecular weight excluding hydrogens is 187 g/mol. The first-order chi connectivity index (χ1) is 5.65. The van der Waals surface area contributed by atoms with Crippen molar-refractivity contribution in [3.8, 4) is 0 Å². The maximum Gasteiger partial charge on any atom is 0.692 e. The van der Waals surface area contributed by atoms with Crippen molar-refractivity contribution < 1.29 is 24.3 Å². The quantitative estimate of drug-likeness (QED) is 0.334. The summed E-state index contributed by atoms with van der Waals surface area (Å²) in [6.07, 6.45) is 5.08. The van der Waals surface area contributed by atoms with Crippen LogP contribution in [-0.2, 0) is 9.36 Å². The number of hydrogen-bond donors (Lipinski definition) is 4. The van der Waals surface area contributed by atoms with Crippen LogP contribution in [0.3, 0.4) is 0 Å². The maximum absolute atomic E-state index is 8.70. The van der Waals surface area contributed by atoms with Crippen molar-refractivity contribution in [2.24, 2.45) is 0 Å². The van der Waals surface area contributed by atoms with E-state index in [0.29, 0.717) is 0 Å². The van der Waals surface area contributed by atoms with Gasteiger partial charge in [0.1, 0.15) is 0 Å². The molecular formula is C4H8N2O5P+. The summed E-state index contributed by atoms with van der Waals surface area (Å²) >= 11 is 0. The Bertz CT molecular complexity index is 168. The number of rotatable bonds is 0. The van der Waals surface area contributed by atoms with Gasteiger partial charge in [0, 0.05) is 17.0 Å². The Morgan fingerprint density at radius 2 is 1.92 bits per heavy atom. The summed E-state index contributed by atoms with van der Waals surface area (Å²) in [5.41, 5.74) is 0. The molecule has 7 nitrogen and oxygen atoms in total. The number of aromatic nitrogens is 2. The third kappa shape index (κ3) is 37.7. The summed E-state index contributed by atoms with van der Waals surface area (Å²) in [5.74, 6) is 0. The second-order valence-electron chi connectivity index (χ2n) is 1.12. The number of aromatic amines is 1. The summed E-state index contributed by atoms with van der Waals surface area (Å²) in [6, 6.07) is 0. The predicted molar refractivity (Wildman–Crippen MR) is 39.3 cm³/mol. The van der Waals surface area contributed by atoms with Crippen LogP contribution in [0.5, 0.6) is 0 Å². The lowest BCUT2D eigenvalue weighted by Gasteiger charge is -1.46. The zero-order valence-electron chi connectivity index (χ0n) is 5.86. The standard InChI is InChI=1S/C3H4N2.CH2O2.HO3P/c1-2-5-3-4-1;2-1-3;1-4(2)3/h1-3H,(H,4,5);1H,(H,2,3);(H-,1,2,3)/p+1. The van der Waals surface area contributed by atoms with Crippen LogP contribution >= 0.6 is 8.25 Å². The van der Waals surface area contributed by atoms with Gasteiger partial charge in [-0.3, -0.25) is 4.79 Å². The molecule has 0 aliphatic rings. The average molecular weight is 195 g/mol. The molecule has 4 N–H and O–H groups in total. The molecule has 68 valence electrons. The Morgan fingerprint density at radius 3 is 2.00 bits per heavy atom. The van der Waals surface area contributed by atoms with Gasteiger partial charge in [-0.2, -0.15) is 0 Å². The van der Waals surface area contributed by atoms with Gasteiger partial charge < -0.3 is 10.1 Å². The van der Waals surface area contributed by atoms with Crippen LogP contribution in [0.1, 0.15) is 0 Å². The Balaban J connectivity index is 0. The number of imidazole rings is 1. The fourth-order valence-electron chi connectivity index (χ4n) is 0.215. The first-order valence-corrected chi connectivity index (χ1v) is 3.67. The molecule has 1 rings (SSSR count). The van der Waals surface area contributed by atoms with Gasteiger partial charge in [0.2, 0.25) is 0 Å². The van der Waals surface area contributed by atoms with E-state index in [0.717, 1.165) is 0 Å². The zero-order valence-corrected chi connectivity index (χ0v) is 6.76. The van der Waals surface area contributed by atoms with E-state index < -0.39 is 8.25 Å². The van der Waals surface area contributed by atoms with Crippen molar-refractivity contribution in [3.05, 3.63) is 18.7 Å². The van der Waals surface area contributed by atoms with Gasteiger partial charge >= 0.3 is 8.25 Å². The summed E-state index contributed by atoms with van der Waals surface area (Å²) in [6.45, 7) is -0.250. The van der Waals surface area contributed by atoms with E-state index in [2.05, 4.69) is 9.97 Å². The summed E-state index contributed by atoms with van der Waals surface area (Å²) in [7, 11) is -2.87. The lowest BCUT2D eigenvalue weighted by Crippen LogP contribution is -1.49. The minimum atomic E-state index is -2.87. The second-order valence-corrected chi connectivity index (χ2v) is 1.62. The topological polar surface area (TPSA) is 124 Å². The second kappa shape index (κ2) is 12.4. The molecule has 1 heterocycles. The molecule has 1 aromatic rings. The molecule has 12 heavy (non-hydrogen) atoms. The van der Waals surface area contributed by atoms with Crippen molar-refractivity contribution in [1.29, 1.82) is 0 Å². The Kier molecular flexibility index (Phi) is 13.7. The molecule has 0 atom stereocenters. The van der Waals surface area contributed by atoms with Crippen LogP contribution < -0.4 is 0 Å². The number of H-pyrrole nitrogens is 1. The van der Waals surface area contributed by atoms with E-state index in [9.17, 15) is 0 Å². The van der Waals surface area contributed by atoms with E-state index >= 15 is 0 Å². The molecule has 0 saturated heterocycles. The number of carbonyl (C=O) groups is 1. The number of hydrogen-bond acceptors (Lipinski definition) is 3. The molecule has 0 aromatic carbocycles. The summed E-state index contributed by atoms with van der Waals surface area (Å²) in [4.78, 5) is 29.0. The fourth-order valence-corrected chi connectivity index (χ4v) is 0.215. The molecule has 1 aromatic heterocycles. The van der Waals surface area contributed by atoms with Crippen molar-refractivity contribution in [2.75, 3.05) is 0 Å². The van der Waals surface area contributed by atoms with Gasteiger partial charge in [-0.15, -0.1) is 9.79 Å². The Labute approximate surface area is 68.7 Å². The average Bonchev–Trinajstić information content (AvgIpc) is 2.40. The van der Waals surface area contributed by atoms with Crippen LogP contribution in [-0.4, -0.2) is 31.3 Å². The molecule has 0 amide bonds. The lowest BCUT2D eigenvalue weighted by molar-refractivity contribution is -0.122. The fraction of sp³-hybridized carbons (Fsp3) is 0. The highest BCUT2D eigenvalue weighted by Crippen LogP contribution is 1.98. The molecule has 0 aliphatic heterocycles. The van der Waals surface area contributed by atoms with Crippen LogP contribution in [0, 0.1) is 0 Å². The van der Waals surface area contributed by atoms with Gasteiger partial charge in [0.15, 0.2) is 0 Å². The molecule has 0 spiro atoms. The highest BCUT2D eigenvalue weighted by molar-refractivity contribution is 7.30.